The van der Waals surface area contributed by atoms with E-state index in [0.717, 1.165) is 72.6 Å². The van der Waals surface area contributed by atoms with E-state index in [1.54, 1.807) is 0 Å². The fourth-order valence-corrected chi connectivity index (χ4v) is 11.0. The second-order valence-corrected chi connectivity index (χ2v) is 19.6. The number of amides is 3. The third-order valence-corrected chi connectivity index (χ3v) is 14.0. The number of alkyl carbamates (subject to hydrolysis) is 1. The number of rotatable bonds is 11. The summed E-state index contributed by atoms with van der Waals surface area (Å²) in [7, 11) is 2.11. The van der Waals surface area contributed by atoms with Gasteiger partial charge in [0.2, 0.25) is 5.72 Å². The first kappa shape index (κ1) is 43.5. The van der Waals surface area contributed by atoms with Crippen molar-refractivity contribution in [1.82, 2.24) is 20.9 Å². The molecule has 3 amide bonds. The first-order valence-electron chi connectivity index (χ1n) is 21.9. The van der Waals surface area contributed by atoms with Gasteiger partial charge in [0.05, 0.1) is 31.5 Å². The van der Waals surface area contributed by atoms with Gasteiger partial charge in [0.25, 0.3) is 0 Å². The zero-order chi connectivity index (χ0) is 44.1. The van der Waals surface area contributed by atoms with Crippen molar-refractivity contribution in [3.63, 3.8) is 0 Å². The Kier molecular flexibility index (Phi) is 11.6. The summed E-state index contributed by atoms with van der Waals surface area (Å²) in [5.74, 6) is 0.772. The first-order chi connectivity index (χ1) is 29.6. The van der Waals surface area contributed by atoms with Crippen LogP contribution in [0.2, 0.25) is 0 Å². The molecular formula is C48H63N7O7. The quantitative estimate of drug-likeness (QED) is 0.111. The van der Waals surface area contributed by atoms with Gasteiger partial charge < -0.3 is 50.5 Å². The Bertz CT molecular complexity index is 2350. The van der Waals surface area contributed by atoms with Crippen LogP contribution >= 0.6 is 0 Å². The molecule has 3 aliphatic heterocycles. The van der Waals surface area contributed by atoms with Crippen molar-refractivity contribution in [2.24, 2.45) is 15.8 Å². The summed E-state index contributed by atoms with van der Waals surface area (Å²) < 4.78 is 13.0. The molecule has 0 radical (unpaired) electrons. The van der Waals surface area contributed by atoms with Crippen molar-refractivity contribution in [2.45, 2.75) is 76.6 Å². The maximum Gasteiger partial charge on any atom is 0.407 e. The Hall–Kier alpha value is -5.15. The van der Waals surface area contributed by atoms with Crippen LogP contribution in [-0.4, -0.2) is 129 Å². The highest BCUT2D eigenvalue weighted by molar-refractivity contribution is 6.07. The van der Waals surface area contributed by atoms with Crippen LogP contribution in [0.4, 0.5) is 26.7 Å². The molecule has 1 spiro atoms. The Balaban J connectivity index is 0.876. The van der Waals surface area contributed by atoms with Gasteiger partial charge in [-0.15, -0.1) is 0 Å². The number of aliphatic hydroxyl groups excluding tert-OH is 3. The lowest BCUT2D eigenvalue weighted by atomic mass is 9.62. The number of carbonyl (C=O) groups excluding carboxylic acids is 2. The van der Waals surface area contributed by atoms with Crippen molar-refractivity contribution < 1.29 is 34.4 Å². The highest BCUT2D eigenvalue weighted by atomic mass is 16.5. The Morgan fingerprint density at radius 1 is 0.871 bits per heavy atom. The standard InChI is InChI=1S/C48H63N7O7/c1-44(2)24-33(25-46(5,26-44)27-50-42(59)52-47(29-56,30-57)31-58)51-43(60)61-22-21-54-17-19-55(20-18-54)38-23-39-41(36-14-10-9-13-35(36)38)49-28-48(62-39)45(3,4)40-34-12-8-7-11-32(34)15-16-37(40)53(48)6/h7-16,23,28,33,56-58H,17-22,24-27,29-31H2,1-6H3,(H,51,60)(H2,50,52,59). The van der Waals surface area contributed by atoms with Gasteiger partial charge in [-0.25, -0.2) is 9.59 Å². The van der Waals surface area contributed by atoms with Crippen molar-refractivity contribution in [3.05, 3.63) is 72.3 Å². The van der Waals surface area contributed by atoms with Gasteiger partial charge in [0.1, 0.15) is 17.8 Å². The number of likely N-dealkylation sites (N-methyl/N-ethyl adjacent to an activating group) is 1. The lowest BCUT2D eigenvalue weighted by Crippen LogP contribution is -2.61. The number of fused-ring (bicyclic) bond motifs is 6. The molecule has 62 heavy (non-hydrogen) atoms. The van der Waals surface area contributed by atoms with Crippen LogP contribution in [-0.2, 0) is 10.2 Å². The summed E-state index contributed by atoms with van der Waals surface area (Å²) in [6.07, 6.45) is 3.77. The summed E-state index contributed by atoms with van der Waals surface area (Å²) in [5, 5.41) is 41.8. The van der Waals surface area contributed by atoms with Gasteiger partial charge >= 0.3 is 12.1 Å². The Morgan fingerprint density at radius 3 is 2.26 bits per heavy atom. The molecule has 1 saturated carbocycles. The largest absolute Gasteiger partial charge is 0.459 e. The smallest absolute Gasteiger partial charge is 0.407 e. The third kappa shape index (κ3) is 7.90. The van der Waals surface area contributed by atoms with Crippen LogP contribution in [0.1, 0.15) is 59.4 Å². The summed E-state index contributed by atoms with van der Waals surface area (Å²) >= 11 is 0. The monoisotopic (exact) mass is 849 g/mol. The van der Waals surface area contributed by atoms with Crippen LogP contribution in [0.25, 0.3) is 21.5 Å². The number of urea groups is 1. The van der Waals surface area contributed by atoms with E-state index in [2.05, 4.69) is 139 Å². The number of nitrogens with zero attached hydrogens (tertiary/aromatic N) is 4. The van der Waals surface area contributed by atoms with E-state index in [1.807, 2.05) is 6.21 Å². The lowest BCUT2D eigenvalue weighted by molar-refractivity contribution is 0.0467. The molecule has 14 nitrogen and oxygen atoms in total. The summed E-state index contributed by atoms with van der Waals surface area (Å²) in [6, 6.07) is 22.8. The molecule has 332 valence electrons. The molecule has 2 fully saturated rings. The third-order valence-electron chi connectivity index (χ3n) is 14.0. The fraction of sp³-hybridized carbons (Fsp3) is 0.521. The molecule has 4 aromatic rings. The molecular weight excluding hydrogens is 787 g/mol. The van der Waals surface area contributed by atoms with Gasteiger partial charge in [0.15, 0.2) is 5.75 Å². The van der Waals surface area contributed by atoms with Gasteiger partial charge in [-0.1, -0.05) is 75.4 Å². The van der Waals surface area contributed by atoms with E-state index in [1.165, 1.54) is 16.3 Å². The van der Waals surface area contributed by atoms with E-state index in [4.69, 9.17) is 14.5 Å². The van der Waals surface area contributed by atoms with Crippen LogP contribution in [0.3, 0.4) is 0 Å². The molecule has 6 N–H and O–H groups in total. The zero-order valence-corrected chi connectivity index (χ0v) is 37.0. The Morgan fingerprint density at radius 2 is 1.55 bits per heavy atom. The molecule has 4 aromatic carbocycles. The minimum Gasteiger partial charge on any atom is -0.459 e. The number of ether oxygens (including phenoxy) is 2. The lowest BCUT2D eigenvalue weighted by Gasteiger charge is -2.46. The number of carbonyl (C=O) groups is 2. The van der Waals surface area contributed by atoms with Crippen molar-refractivity contribution in [3.8, 4) is 5.75 Å². The topological polar surface area (TPSA) is 171 Å². The van der Waals surface area contributed by atoms with Crippen molar-refractivity contribution in [1.29, 1.82) is 0 Å². The second-order valence-electron chi connectivity index (χ2n) is 19.6. The molecule has 4 aliphatic rings. The van der Waals surface area contributed by atoms with Crippen LogP contribution < -0.4 is 30.5 Å². The van der Waals surface area contributed by atoms with E-state index in [-0.39, 0.29) is 23.5 Å². The normalized spacial score (nSPS) is 24.1. The van der Waals surface area contributed by atoms with E-state index in [9.17, 15) is 24.9 Å². The first-order valence-corrected chi connectivity index (χ1v) is 21.9. The zero-order valence-electron chi connectivity index (χ0n) is 37.0. The average Bonchev–Trinajstić information content (AvgIpc) is 3.41. The van der Waals surface area contributed by atoms with Crippen LogP contribution in [0, 0.1) is 10.8 Å². The minimum absolute atomic E-state index is 0.109. The highest BCUT2D eigenvalue weighted by Gasteiger charge is 2.59. The van der Waals surface area contributed by atoms with E-state index < -0.39 is 48.6 Å². The van der Waals surface area contributed by atoms with Gasteiger partial charge in [0, 0.05) is 80.6 Å². The molecule has 1 saturated heterocycles. The Labute approximate surface area is 364 Å². The molecule has 0 aromatic heterocycles. The number of anilines is 2. The maximum absolute atomic E-state index is 13.1. The molecule has 3 heterocycles. The highest BCUT2D eigenvalue weighted by Crippen LogP contribution is 2.57. The average molecular weight is 850 g/mol. The van der Waals surface area contributed by atoms with Crippen molar-refractivity contribution in [2.75, 3.05) is 82.5 Å². The van der Waals surface area contributed by atoms with Crippen LogP contribution in [0.5, 0.6) is 5.75 Å². The number of piperazine rings is 1. The predicted octanol–water partition coefficient (Wildman–Crippen LogP) is 5.66. The number of benzene rings is 4. The minimum atomic E-state index is -1.51. The number of aliphatic imine (C=N–C) groups is 1. The molecule has 1 aliphatic carbocycles. The van der Waals surface area contributed by atoms with Gasteiger partial charge in [-0.3, -0.25) is 9.89 Å². The number of aliphatic hydroxyl groups is 3. The second kappa shape index (κ2) is 16.5. The number of nitrogens with one attached hydrogen (secondary N) is 3. The van der Waals surface area contributed by atoms with E-state index in [0.29, 0.717) is 19.5 Å². The number of hydrogen-bond acceptors (Lipinski definition) is 11. The summed E-state index contributed by atoms with van der Waals surface area (Å²) in [4.78, 5) is 38.0. The summed E-state index contributed by atoms with van der Waals surface area (Å²) in [5.41, 5.74) is 1.17. The van der Waals surface area contributed by atoms with Gasteiger partial charge in [-0.05, 0) is 66.3 Å². The molecule has 3 atom stereocenters. The van der Waals surface area contributed by atoms with Crippen LogP contribution in [0.15, 0.2) is 71.7 Å². The predicted molar refractivity (Wildman–Crippen MR) is 244 cm³/mol. The fourth-order valence-electron chi connectivity index (χ4n) is 11.0. The van der Waals surface area contributed by atoms with E-state index >= 15 is 0 Å². The molecule has 14 heteroatoms. The van der Waals surface area contributed by atoms with Gasteiger partial charge in [-0.2, -0.15) is 0 Å². The number of hydrogen-bond donors (Lipinski definition) is 6. The van der Waals surface area contributed by atoms with Crippen molar-refractivity contribution >= 4 is 56.9 Å². The summed E-state index contributed by atoms with van der Waals surface area (Å²) in [6.45, 7) is 13.5. The molecule has 0 bridgehead atoms. The molecule has 8 rings (SSSR count). The SMILES string of the molecule is CN1c2ccc3ccccc3c2C(C)(C)C12C=Nc1c(cc(N3CCN(CCOC(=O)NC4CC(C)(C)CC(C)(CNC(=O)NC(CO)(CO)CO)C4)CC3)c3ccccc13)O2. The molecule has 3 unspecified atom stereocenters. The maximum atomic E-state index is 13.1.